The zero-order valence-electron chi connectivity index (χ0n) is 20.3. The van der Waals surface area contributed by atoms with Gasteiger partial charge in [-0.1, -0.05) is 70.2 Å². The maximum Gasteiger partial charge on any atom is 0.161 e. The second-order valence-corrected chi connectivity index (χ2v) is 8.97. The van der Waals surface area contributed by atoms with Crippen LogP contribution in [0.1, 0.15) is 76.3 Å². The number of hydrogen-bond acceptors (Lipinski definition) is 4. The van der Waals surface area contributed by atoms with Crippen molar-refractivity contribution in [3.63, 3.8) is 0 Å². The van der Waals surface area contributed by atoms with Gasteiger partial charge in [-0.3, -0.25) is 4.79 Å². The topological polar surface area (TPSA) is 66.8 Å². The molecule has 4 nitrogen and oxygen atoms in total. The van der Waals surface area contributed by atoms with Crippen LogP contribution in [0.15, 0.2) is 54.6 Å². The Morgan fingerprint density at radius 2 is 1.70 bits per heavy atom. The first kappa shape index (κ1) is 26.5. The van der Waals surface area contributed by atoms with Crippen LogP contribution in [0.4, 0.5) is 0 Å². The molecule has 0 fully saturated rings. The van der Waals surface area contributed by atoms with Crippen LogP contribution in [0.5, 0.6) is 17.2 Å². The highest BCUT2D eigenvalue weighted by atomic mass is 16.5. The van der Waals surface area contributed by atoms with Crippen molar-refractivity contribution < 1.29 is 19.7 Å². The molecule has 2 N–H and O–H groups in total. The van der Waals surface area contributed by atoms with Crippen molar-refractivity contribution in [2.75, 3.05) is 6.61 Å². The summed E-state index contributed by atoms with van der Waals surface area (Å²) in [5.41, 5.74) is 2.02. The van der Waals surface area contributed by atoms with E-state index in [1.54, 1.807) is 24.3 Å². The molecule has 1 atom stereocenters. The monoisotopic (exact) mass is 452 g/mol. The van der Waals surface area contributed by atoms with Gasteiger partial charge >= 0.3 is 0 Å². The number of phenols is 2. The van der Waals surface area contributed by atoms with E-state index < -0.39 is 0 Å². The number of phenolic OH excluding ortho intramolecular Hbond substituents is 2. The van der Waals surface area contributed by atoms with Crippen LogP contribution >= 0.6 is 0 Å². The van der Waals surface area contributed by atoms with Gasteiger partial charge in [0.05, 0.1) is 6.61 Å². The summed E-state index contributed by atoms with van der Waals surface area (Å²) in [7, 11) is 0. The van der Waals surface area contributed by atoms with E-state index in [4.69, 9.17) is 4.74 Å². The van der Waals surface area contributed by atoms with Gasteiger partial charge in [-0.25, -0.2) is 0 Å². The molecule has 0 amide bonds. The first-order valence-electron chi connectivity index (χ1n) is 12.4. The van der Waals surface area contributed by atoms with E-state index >= 15 is 0 Å². The molecule has 180 valence electrons. The highest BCUT2D eigenvalue weighted by molar-refractivity contribution is 5.89. The molecule has 0 radical (unpaired) electrons. The summed E-state index contributed by atoms with van der Waals surface area (Å²) in [4.78, 5) is 12.2. The first-order chi connectivity index (χ1) is 16.0. The highest BCUT2D eigenvalue weighted by Gasteiger charge is 2.07. The van der Waals surface area contributed by atoms with Gasteiger partial charge in [0, 0.05) is 12.8 Å². The predicted octanol–water partition coefficient (Wildman–Crippen LogP) is 7.16. The van der Waals surface area contributed by atoms with Gasteiger partial charge in [0.25, 0.3) is 0 Å². The number of rotatable bonds is 16. The molecule has 0 aromatic heterocycles. The van der Waals surface area contributed by atoms with E-state index in [-0.39, 0.29) is 17.3 Å². The van der Waals surface area contributed by atoms with E-state index in [1.807, 2.05) is 30.3 Å². The van der Waals surface area contributed by atoms with Crippen molar-refractivity contribution in [3.05, 3.63) is 65.7 Å². The Hall–Kier alpha value is -2.75. The van der Waals surface area contributed by atoms with Gasteiger partial charge in [0.15, 0.2) is 17.3 Å². The third-order valence-corrected chi connectivity index (χ3v) is 5.94. The fourth-order valence-corrected chi connectivity index (χ4v) is 3.81. The van der Waals surface area contributed by atoms with E-state index in [0.717, 1.165) is 29.9 Å². The number of unbranched alkanes of at least 4 members (excludes halogenated alkanes) is 3. The van der Waals surface area contributed by atoms with Gasteiger partial charge in [-0.05, 0) is 66.6 Å². The molecule has 4 heteroatoms. The second-order valence-electron chi connectivity index (χ2n) is 8.97. The summed E-state index contributed by atoms with van der Waals surface area (Å²) in [6.45, 7) is 4.98. The lowest BCUT2D eigenvalue weighted by Gasteiger charge is -2.10. The number of carbonyl (C=O) groups excluding carboxylic acids is 1. The minimum absolute atomic E-state index is 0.0969. The molecule has 2 aromatic rings. The Kier molecular flexibility index (Phi) is 12.2. The van der Waals surface area contributed by atoms with Crippen LogP contribution in [0, 0.1) is 5.92 Å². The third kappa shape index (κ3) is 11.1. The summed E-state index contributed by atoms with van der Waals surface area (Å²) in [6.07, 6.45) is 14.0. The Morgan fingerprint density at radius 3 is 2.45 bits per heavy atom. The van der Waals surface area contributed by atoms with Gasteiger partial charge in [0.1, 0.15) is 5.75 Å². The van der Waals surface area contributed by atoms with Crippen LogP contribution < -0.4 is 4.74 Å². The Labute approximate surface area is 199 Å². The number of allylic oxidation sites excluding steroid dienone is 2. The van der Waals surface area contributed by atoms with Crippen LogP contribution in [0.25, 0.3) is 0 Å². The van der Waals surface area contributed by atoms with Crippen molar-refractivity contribution >= 4 is 5.78 Å². The summed E-state index contributed by atoms with van der Waals surface area (Å²) in [5, 5.41) is 19.4. The normalized spacial score (nSPS) is 12.2. The molecule has 2 aromatic carbocycles. The number of aryl methyl sites for hydroxylation is 1. The summed E-state index contributed by atoms with van der Waals surface area (Å²) < 4.78 is 5.75. The van der Waals surface area contributed by atoms with Crippen LogP contribution in [-0.4, -0.2) is 22.6 Å². The van der Waals surface area contributed by atoms with E-state index in [9.17, 15) is 15.0 Å². The van der Waals surface area contributed by atoms with Crippen LogP contribution in [0.2, 0.25) is 0 Å². The fourth-order valence-electron chi connectivity index (χ4n) is 3.81. The van der Waals surface area contributed by atoms with Crippen molar-refractivity contribution in [1.29, 1.82) is 0 Å². The van der Waals surface area contributed by atoms with Gasteiger partial charge in [-0.2, -0.15) is 0 Å². The molecule has 0 aliphatic heterocycles. The van der Waals surface area contributed by atoms with Gasteiger partial charge in [0.2, 0.25) is 0 Å². The minimum Gasteiger partial charge on any atom is -0.508 e. The standard InChI is InChI=1S/C29H40O4/c1-3-4-6-9-23(2)10-7-5-8-11-26(30)18-14-25-15-19-28(32)29(22-25)33-21-20-24-12-16-27(31)17-13-24/h8,11-13,15-17,19,22-23,31-32H,3-7,9-10,14,18,20-21H2,1-2H3/b11-8+/t23-/m0/s1. The number of carbonyl (C=O) groups is 1. The van der Waals surface area contributed by atoms with E-state index in [1.165, 1.54) is 32.1 Å². The molecule has 0 bridgehead atoms. The smallest absolute Gasteiger partial charge is 0.161 e. The average molecular weight is 453 g/mol. The van der Waals surface area contributed by atoms with Crippen LogP contribution in [-0.2, 0) is 17.6 Å². The Morgan fingerprint density at radius 1 is 0.970 bits per heavy atom. The molecular weight excluding hydrogens is 412 g/mol. The lowest BCUT2D eigenvalue weighted by molar-refractivity contribution is -0.114. The SMILES string of the molecule is CCCCC[C@H](C)CCC/C=C/C(=O)CCc1ccc(O)c(OCCc2ccc(O)cc2)c1. The lowest BCUT2D eigenvalue weighted by Crippen LogP contribution is -2.02. The molecule has 0 aliphatic carbocycles. The zero-order valence-corrected chi connectivity index (χ0v) is 20.3. The Balaban J connectivity index is 1.68. The predicted molar refractivity (Wildman–Crippen MR) is 135 cm³/mol. The number of benzene rings is 2. The second kappa shape index (κ2) is 15.2. The minimum atomic E-state index is 0.0969. The summed E-state index contributed by atoms with van der Waals surface area (Å²) in [5.74, 6) is 1.67. The molecule has 0 unspecified atom stereocenters. The average Bonchev–Trinajstić information content (AvgIpc) is 2.80. The van der Waals surface area contributed by atoms with Crippen molar-refractivity contribution in [2.45, 2.75) is 78.1 Å². The highest BCUT2D eigenvalue weighted by Crippen LogP contribution is 2.27. The van der Waals surface area contributed by atoms with Gasteiger partial charge < -0.3 is 14.9 Å². The lowest BCUT2D eigenvalue weighted by atomic mass is 9.97. The molecular formula is C29H40O4. The molecule has 0 spiro atoms. The summed E-state index contributed by atoms with van der Waals surface area (Å²) in [6, 6.07) is 12.3. The quantitative estimate of drug-likeness (QED) is 0.209. The number of ketones is 1. The maximum atomic E-state index is 12.2. The maximum absolute atomic E-state index is 12.2. The molecule has 33 heavy (non-hydrogen) atoms. The summed E-state index contributed by atoms with van der Waals surface area (Å²) >= 11 is 0. The fraction of sp³-hybridized carbons (Fsp3) is 0.483. The number of ether oxygens (including phenoxy) is 1. The first-order valence-corrected chi connectivity index (χ1v) is 12.4. The Bertz CT molecular complexity index is 854. The van der Waals surface area contributed by atoms with Crippen LogP contribution in [0.3, 0.4) is 0 Å². The molecule has 0 saturated carbocycles. The van der Waals surface area contributed by atoms with Crippen molar-refractivity contribution in [3.8, 4) is 17.2 Å². The number of hydrogen-bond donors (Lipinski definition) is 2. The zero-order chi connectivity index (χ0) is 23.9. The van der Waals surface area contributed by atoms with E-state index in [0.29, 0.717) is 31.6 Å². The van der Waals surface area contributed by atoms with Crippen molar-refractivity contribution in [1.82, 2.24) is 0 Å². The largest absolute Gasteiger partial charge is 0.508 e. The third-order valence-electron chi connectivity index (χ3n) is 5.94. The van der Waals surface area contributed by atoms with Gasteiger partial charge in [-0.15, -0.1) is 0 Å². The molecule has 0 heterocycles. The van der Waals surface area contributed by atoms with E-state index in [2.05, 4.69) is 13.8 Å². The molecule has 0 aliphatic rings. The van der Waals surface area contributed by atoms with Crippen molar-refractivity contribution in [2.24, 2.45) is 5.92 Å². The molecule has 0 saturated heterocycles. The molecule has 2 rings (SSSR count). The number of aromatic hydroxyl groups is 2.